The summed E-state index contributed by atoms with van der Waals surface area (Å²) < 4.78 is 0. The van der Waals surface area contributed by atoms with E-state index in [1.807, 2.05) is 0 Å². The fraction of sp³-hybridized carbons (Fsp3) is 0.600. The van der Waals surface area contributed by atoms with Crippen LogP contribution in [0.2, 0.25) is 5.15 Å². The van der Waals surface area contributed by atoms with E-state index in [1.54, 1.807) is 12.4 Å². The molecular weight excluding hydrogens is 212 g/mol. The Morgan fingerprint density at radius 2 is 2.27 bits per heavy atom. The number of piperazine rings is 1. The predicted octanol–water partition coefficient (Wildman–Crippen LogP) is 1.32. The topological polar surface area (TPSA) is 41.1 Å². The van der Waals surface area contributed by atoms with Crippen LogP contribution < -0.4 is 10.2 Å². The summed E-state index contributed by atoms with van der Waals surface area (Å²) in [5.74, 6) is 0.864. The molecule has 1 aromatic rings. The zero-order chi connectivity index (χ0) is 10.8. The zero-order valence-electron chi connectivity index (χ0n) is 8.94. The summed E-state index contributed by atoms with van der Waals surface area (Å²) in [6.45, 7) is 6.24. The van der Waals surface area contributed by atoms with E-state index in [-0.39, 0.29) is 0 Å². The number of nitrogens with one attached hydrogen (secondary N) is 1. The lowest BCUT2D eigenvalue weighted by Crippen LogP contribution is -2.54. The molecule has 5 heteroatoms. The molecule has 0 aliphatic carbocycles. The van der Waals surface area contributed by atoms with Gasteiger partial charge in [-0.1, -0.05) is 11.6 Å². The molecule has 4 nitrogen and oxygen atoms in total. The molecule has 0 radical (unpaired) electrons. The van der Waals surface area contributed by atoms with Crippen LogP contribution in [-0.4, -0.2) is 35.1 Å². The van der Waals surface area contributed by atoms with Crippen LogP contribution in [0.4, 0.5) is 5.82 Å². The highest BCUT2D eigenvalue weighted by Crippen LogP contribution is 2.17. The first-order chi connectivity index (χ1) is 7.16. The molecule has 1 aliphatic heterocycles. The quantitative estimate of drug-likeness (QED) is 0.784. The molecule has 2 atom stereocenters. The van der Waals surface area contributed by atoms with Gasteiger partial charge in [-0.3, -0.25) is 4.98 Å². The molecule has 2 rings (SSSR count). The van der Waals surface area contributed by atoms with Gasteiger partial charge in [0, 0.05) is 25.2 Å². The van der Waals surface area contributed by atoms with Crippen molar-refractivity contribution in [3.8, 4) is 0 Å². The summed E-state index contributed by atoms with van der Waals surface area (Å²) >= 11 is 5.83. The number of anilines is 1. The Morgan fingerprint density at radius 3 is 3.00 bits per heavy atom. The minimum Gasteiger partial charge on any atom is -0.350 e. The van der Waals surface area contributed by atoms with Crippen LogP contribution in [-0.2, 0) is 0 Å². The van der Waals surface area contributed by atoms with Crippen LogP contribution in [0.1, 0.15) is 13.8 Å². The third-order valence-corrected chi connectivity index (χ3v) is 2.83. The number of nitrogens with zero attached hydrogens (tertiary/aromatic N) is 3. The standard InChI is InChI=1S/C10H15ClN4/c1-7-6-15(8(2)3-13-7)10-5-12-4-9(11)14-10/h4-5,7-8,13H,3,6H2,1-2H3. The van der Waals surface area contributed by atoms with Crippen LogP contribution in [0.15, 0.2) is 12.4 Å². The normalized spacial score (nSPS) is 26.7. The van der Waals surface area contributed by atoms with Crippen LogP contribution in [0, 0.1) is 0 Å². The molecule has 2 unspecified atom stereocenters. The average Bonchev–Trinajstić information content (AvgIpc) is 2.22. The van der Waals surface area contributed by atoms with Gasteiger partial charge in [-0.15, -0.1) is 0 Å². The van der Waals surface area contributed by atoms with Gasteiger partial charge in [0.1, 0.15) is 11.0 Å². The lowest BCUT2D eigenvalue weighted by molar-refractivity contribution is 0.422. The first kappa shape index (κ1) is 10.6. The minimum absolute atomic E-state index is 0.425. The molecular formula is C10H15ClN4. The van der Waals surface area contributed by atoms with Crippen molar-refractivity contribution in [3.63, 3.8) is 0 Å². The van der Waals surface area contributed by atoms with Crippen LogP contribution in [0.25, 0.3) is 0 Å². The molecule has 1 saturated heterocycles. The Bertz CT molecular complexity index is 344. The minimum atomic E-state index is 0.425. The predicted molar refractivity (Wildman–Crippen MR) is 61.3 cm³/mol. The van der Waals surface area contributed by atoms with E-state index in [2.05, 4.69) is 34.0 Å². The Kier molecular flexibility index (Phi) is 3.07. The Hall–Kier alpha value is -0.870. The number of hydrogen-bond donors (Lipinski definition) is 1. The SMILES string of the molecule is CC1CN(c2cncc(Cl)n2)C(C)CN1. The summed E-state index contributed by atoms with van der Waals surface area (Å²) in [6, 6.07) is 0.899. The fourth-order valence-electron chi connectivity index (χ4n) is 1.81. The summed E-state index contributed by atoms with van der Waals surface area (Å²) in [7, 11) is 0. The summed E-state index contributed by atoms with van der Waals surface area (Å²) in [5.41, 5.74) is 0. The van der Waals surface area contributed by atoms with E-state index in [4.69, 9.17) is 11.6 Å². The van der Waals surface area contributed by atoms with Gasteiger partial charge in [0.25, 0.3) is 0 Å². The fourth-order valence-corrected chi connectivity index (χ4v) is 1.95. The second-order valence-corrected chi connectivity index (χ2v) is 4.40. The average molecular weight is 227 g/mol. The van der Waals surface area contributed by atoms with E-state index in [0.717, 1.165) is 18.9 Å². The van der Waals surface area contributed by atoms with Crippen molar-refractivity contribution in [2.45, 2.75) is 25.9 Å². The highest BCUT2D eigenvalue weighted by atomic mass is 35.5. The molecule has 0 bridgehead atoms. The molecule has 0 saturated carbocycles. The maximum absolute atomic E-state index is 5.83. The molecule has 1 aliphatic rings. The molecule has 0 aromatic carbocycles. The Morgan fingerprint density at radius 1 is 1.47 bits per heavy atom. The van der Waals surface area contributed by atoms with Crippen LogP contribution in [0.5, 0.6) is 0 Å². The van der Waals surface area contributed by atoms with Crippen molar-refractivity contribution in [2.75, 3.05) is 18.0 Å². The molecule has 1 N–H and O–H groups in total. The van der Waals surface area contributed by atoms with Gasteiger partial charge >= 0.3 is 0 Å². The van der Waals surface area contributed by atoms with Crippen molar-refractivity contribution in [1.82, 2.24) is 15.3 Å². The van der Waals surface area contributed by atoms with Gasteiger partial charge in [0.2, 0.25) is 0 Å². The maximum Gasteiger partial charge on any atom is 0.149 e. The second-order valence-electron chi connectivity index (χ2n) is 4.01. The van der Waals surface area contributed by atoms with E-state index < -0.39 is 0 Å². The second kappa shape index (κ2) is 4.33. The van der Waals surface area contributed by atoms with Crippen molar-refractivity contribution in [2.24, 2.45) is 0 Å². The number of aromatic nitrogens is 2. The smallest absolute Gasteiger partial charge is 0.149 e. The summed E-state index contributed by atoms with van der Waals surface area (Å²) in [4.78, 5) is 10.6. The van der Waals surface area contributed by atoms with Crippen LogP contribution >= 0.6 is 11.6 Å². The van der Waals surface area contributed by atoms with Crippen molar-refractivity contribution < 1.29 is 0 Å². The number of rotatable bonds is 1. The van der Waals surface area contributed by atoms with Gasteiger partial charge in [-0.2, -0.15) is 0 Å². The molecule has 2 heterocycles. The van der Waals surface area contributed by atoms with E-state index >= 15 is 0 Å². The Balaban J connectivity index is 2.21. The lowest BCUT2D eigenvalue weighted by atomic mass is 10.1. The number of hydrogen-bond acceptors (Lipinski definition) is 4. The van der Waals surface area contributed by atoms with Gasteiger partial charge < -0.3 is 10.2 Å². The van der Waals surface area contributed by atoms with E-state index in [0.29, 0.717) is 17.2 Å². The third kappa shape index (κ3) is 2.38. The van der Waals surface area contributed by atoms with Crippen molar-refractivity contribution in [3.05, 3.63) is 17.5 Å². The lowest BCUT2D eigenvalue weighted by Gasteiger charge is -2.38. The van der Waals surface area contributed by atoms with Crippen molar-refractivity contribution in [1.29, 1.82) is 0 Å². The van der Waals surface area contributed by atoms with Gasteiger partial charge in [0.15, 0.2) is 0 Å². The highest BCUT2D eigenvalue weighted by Gasteiger charge is 2.23. The molecule has 1 aromatic heterocycles. The maximum atomic E-state index is 5.83. The molecule has 0 amide bonds. The first-order valence-corrected chi connectivity index (χ1v) is 5.52. The summed E-state index contributed by atoms with van der Waals surface area (Å²) in [6.07, 6.45) is 3.32. The molecule has 15 heavy (non-hydrogen) atoms. The molecule has 82 valence electrons. The van der Waals surface area contributed by atoms with E-state index in [9.17, 15) is 0 Å². The first-order valence-electron chi connectivity index (χ1n) is 5.14. The summed E-state index contributed by atoms with van der Waals surface area (Å²) in [5, 5.41) is 3.87. The van der Waals surface area contributed by atoms with Gasteiger partial charge in [-0.25, -0.2) is 4.98 Å². The van der Waals surface area contributed by atoms with Crippen LogP contribution in [0.3, 0.4) is 0 Å². The van der Waals surface area contributed by atoms with E-state index in [1.165, 1.54) is 0 Å². The van der Waals surface area contributed by atoms with Crippen molar-refractivity contribution >= 4 is 17.4 Å². The Labute approximate surface area is 94.7 Å². The van der Waals surface area contributed by atoms with Gasteiger partial charge in [-0.05, 0) is 13.8 Å². The highest BCUT2D eigenvalue weighted by molar-refractivity contribution is 6.29. The molecule has 0 spiro atoms. The van der Waals surface area contributed by atoms with Gasteiger partial charge in [0.05, 0.1) is 12.4 Å². The monoisotopic (exact) mass is 226 g/mol. The molecule has 1 fully saturated rings. The largest absolute Gasteiger partial charge is 0.350 e. The third-order valence-electron chi connectivity index (χ3n) is 2.65. The zero-order valence-corrected chi connectivity index (χ0v) is 9.70. The number of halogens is 1.